The molecule has 18 heavy (non-hydrogen) atoms. The van der Waals surface area contributed by atoms with E-state index in [0.717, 1.165) is 12.3 Å². The van der Waals surface area contributed by atoms with Crippen LogP contribution in [0.2, 0.25) is 0 Å². The number of nitrogens with one attached hydrogen (secondary N) is 1. The molecule has 0 spiro atoms. The SMILES string of the molecule is Cc1noc(CNCC2CSc3ccccc32)n1. The van der Waals surface area contributed by atoms with Gasteiger partial charge >= 0.3 is 0 Å². The zero-order chi connectivity index (χ0) is 12.4. The Kier molecular flexibility index (Phi) is 3.34. The molecule has 1 aliphatic rings. The van der Waals surface area contributed by atoms with Crippen molar-refractivity contribution in [3.05, 3.63) is 41.5 Å². The maximum absolute atomic E-state index is 5.07. The van der Waals surface area contributed by atoms with E-state index < -0.39 is 0 Å². The summed E-state index contributed by atoms with van der Waals surface area (Å²) in [6.07, 6.45) is 0. The van der Waals surface area contributed by atoms with E-state index in [0.29, 0.717) is 24.2 Å². The van der Waals surface area contributed by atoms with Crippen LogP contribution < -0.4 is 5.32 Å². The van der Waals surface area contributed by atoms with Gasteiger partial charge in [0.15, 0.2) is 5.82 Å². The van der Waals surface area contributed by atoms with Crippen LogP contribution in [0.5, 0.6) is 0 Å². The lowest BCUT2D eigenvalue weighted by Crippen LogP contribution is -2.21. The van der Waals surface area contributed by atoms with Crippen LogP contribution in [-0.4, -0.2) is 22.4 Å². The van der Waals surface area contributed by atoms with Crippen molar-refractivity contribution < 1.29 is 4.52 Å². The standard InChI is InChI=1S/C13H15N3OS/c1-9-15-13(17-16-9)7-14-6-10-8-18-12-5-3-2-4-11(10)12/h2-5,10,14H,6-8H2,1H3. The van der Waals surface area contributed by atoms with E-state index in [1.54, 1.807) is 0 Å². The van der Waals surface area contributed by atoms with Crippen LogP contribution in [0.25, 0.3) is 0 Å². The van der Waals surface area contributed by atoms with E-state index in [9.17, 15) is 0 Å². The molecule has 0 radical (unpaired) electrons. The maximum Gasteiger partial charge on any atom is 0.240 e. The predicted molar refractivity (Wildman–Crippen MR) is 70.6 cm³/mol. The smallest absolute Gasteiger partial charge is 0.240 e. The summed E-state index contributed by atoms with van der Waals surface area (Å²) in [5.41, 5.74) is 1.46. The zero-order valence-corrected chi connectivity index (χ0v) is 11.0. The highest BCUT2D eigenvalue weighted by molar-refractivity contribution is 7.99. The third-order valence-electron chi connectivity index (χ3n) is 3.04. The molecular formula is C13H15N3OS. The first-order valence-corrected chi connectivity index (χ1v) is 7.03. The summed E-state index contributed by atoms with van der Waals surface area (Å²) in [7, 11) is 0. The molecule has 2 aromatic rings. The lowest BCUT2D eigenvalue weighted by Gasteiger charge is -2.10. The largest absolute Gasteiger partial charge is 0.338 e. The van der Waals surface area contributed by atoms with Crippen LogP contribution in [0.1, 0.15) is 23.2 Å². The lowest BCUT2D eigenvalue weighted by atomic mass is 10.0. The number of nitrogens with zero attached hydrogens (tertiary/aromatic N) is 2. The van der Waals surface area contributed by atoms with E-state index in [2.05, 4.69) is 39.7 Å². The quantitative estimate of drug-likeness (QED) is 0.915. The van der Waals surface area contributed by atoms with Gasteiger partial charge in [-0.15, -0.1) is 11.8 Å². The van der Waals surface area contributed by atoms with Crippen molar-refractivity contribution in [1.29, 1.82) is 0 Å². The van der Waals surface area contributed by atoms with Gasteiger partial charge < -0.3 is 9.84 Å². The molecule has 4 nitrogen and oxygen atoms in total. The Morgan fingerprint density at radius 1 is 1.44 bits per heavy atom. The molecule has 3 rings (SSSR count). The molecule has 0 saturated heterocycles. The van der Waals surface area contributed by atoms with Crippen molar-refractivity contribution in [3.63, 3.8) is 0 Å². The highest BCUT2D eigenvalue weighted by atomic mass is 32.2. The Balaban J connectivity index is 1.56. The second-order valence-electron chi connectivity index (χ2n) is 4.41. The van der Waals surface area contributed by atoms with E-state index in [4.69, 9.17) is 4.52 Å². The molecule has 1 unspecified atom stereocenters. The van der Waals surface area contributed by atoms with Crippen molar-refractivity contribution in [2.45, 2.75) is 24.3 Å². The number of aryl methyl sites for hydroxylation is 1. The van der Waals surface area contributed by atoms with Crippen LogP contribution >= 0.6 is 11.8 Å². The second kappa shape index (κ2) is 5.12. The molecule has 2 heterocycles. The molecule has 0 fully saturated rings. The first-order valence-electron chi connectivity index (χ1n) is 6.04. The second-order valence-corrected chi connectivity index (χ2v) is 5.47. The fourth-order valence-electron chi connectivity index (χ4n) is 2.16. The molecule has 0 saturated carbocycles. The first kappa shape index (κ1) is 11.7. The van der Waals surface area contributed by atoms with Crippen LogP contribution in [0, 0.1) is 6.92 Å². The van der Waals surface area contributed by atoms with E-state index >= 15 is 0 Å². The summed E-state index contributed by atoms with van der Waals surface area (Å²) >= 11 is 1.93. The predicted octanol–water partition coefficient (Wildman–Crippen LogP) is 2.36. The summed E-state index contributed by atoms with van der Waals surface area (Å²) in [5.74, 6) is 3.07. The molecule has 1 N–H and O–H groups in total. The molecule has 1 aromatic carbocycles. The minimum Gasteiger partial charge on any atom is -0.338 e. The Hall–Kier alpha value is -1.33. The summed E-state index contributed by atoms with van der Waals surface area (Å²) in [5, 5.41) is 7.16. The lowest BCUT2D eigenvalue weighted by molar-refractivity contribution is 0.363. The van der Waals surface area contributed by atoms with Crippen molar-refractivity contribution in [3.8, 4) is 0 Å². The van der Waals surface area contributed by atoms with E-state index in [1.165, 1.54) is 10.5 Å². The first-order chi connectivity index (χ1) is 8.83. The van der Waals surface area contributed by atoms with E-state index in [-0.39, 0.29) is 0 Å². The van der Waals surface area contributed by atoms with Gasteiger partial charge in [0.2, 0.25) is 5.89 Å². The average molecular weight is 261 g/mol. The van der Waals surface area contributed by atoms with Gasteiger partial charge in [0.05, 0.1) is 6.54 Å². The molecule has 0 amide bonds. The molecule has 0 bridgehead atoms. The summed E-state index contributed by atoms with van der Waals surface area (Å²) in [6, 6.07) is 8.63. The third-order valence-corrected chi connectivity index (χ3v) is 4.29. The Morgan fingerprint density at radius 3 is 3.17 bits per heavy atom. The average Bonchev–Trinajstić information content (AvgIpc) is 2.97. The number of aromatic nitrogens is 2. The van der Waals surface area contributed by atoms with Gasteiger partial charge in [0.25, 0.3) is 0 Å². The minimum absolute atomic E-state index is 0.579. The maximum atomic E-state index is 5.07. The summed E-state index contributed by atoms with van der Waals surface area (Å²) in [6.45, 7) is 3.42. The highest BCUT2D eigenvalue weighted by Gasteiger charge is 2.22. The van der Waals surface area contributed by atoms with Crippen LogP contribution in [0.3, 0.4) is 0 Å². The minimum atomic E-state index is 0.579. The van der Waals surface area contributed by atoms with Gasteiger partial charge in [-0.2, -0.15) is 4.98 Å². The molecular weight excluding hydrogens is 246 g/mol. The van der Waals surface area contributed by atoms with Crippen LogP contribution in [0.15, 0.2) is 33.7 Å². The monoisotopic (exact) mass is 261 g/mol. The van der Waals surface area contributed by atoms with Crippen LogP contribution in [-0.2, 0) is 6.54 Å². The molecule has 0 aliphatic carbocycles. The van der Waals surface area contributed by atoms with Gasteiger partial charge in [-0.05, 0) is 18.6 Å². The zero-order valence-electron chi connectivity index (χ0n) is 10.2. The molecule has 94 valence electrons. The van der Waals surface area contributed by atoms with Crippen molar-refractivity contribution in [2.75, 3.05) is 12.3 Å². The Bertz CT molecular complexity index is 541. The highest BCUT2D eigenvalue weighted by Crippen LogP contribution is 2.38. The van der Waals surface area contributed by atoms with Crippen molar-refractivity contribution in [1.82, 2.24) is 15.5 Å². The normalized spacial score (nSPS) is 17.9. The fraction of sp³-hybridized carbons (Fsp3) is 0.385. The molecule has 1 atom stereocenters. The third kappa shape index (κ3) is 2.42. The fourth-order valence-corrected chi connectivity index (χ4v) is 3.42. The topological polar surface area (TPSA) is 51.0 Å². The number of hydrogen-bond acceptors (Lipinski definition) is 5. The summed E-state index contributed by atoms with van der Waals surface area (Å²) < 4.78 is 5.07. The summed E-state index contributed by atoms with van der Waals surface area (Å²) in [4.78, 5) is 5.59. The Morgan fingerprint density at radius 2 is 2.33 bits per heavy atom. The number of fused-ring (bicyclic) bond motifs is 1. The molecule has 1 aromatic heterocycles. The number of thioether (sulfide) groups is 1. The number of benzene rings is 1. The Labute approximate surface area is 110 Å². The van der Waals surface area contributed by atoms with Gasteiger partial charge in [0.1, 0.15) is 0 Å². The van der Waals surface area contributed by atoms with E-state index in [1.807, 2.05) is 18.7 Å². The van der Waals surface area contributed by atoms with Gasteiger partial charge in [0, 0.05) is 23.1 Å². The van der Waals surface area contributed by atoms with Crippen molar-refractivity contribution >= 4 is 11.8 Å². The number of hydrogen-bond donors (Lipinski definition) is 1. The molecule has 5 heteroatoms. The van der Waals surface area contributed by atoms with Crippen molar-refractivity contribution in [2.24, 2.45) is 0 Å². The van der Waals surface area contributed by atoms with Gasteiger partial charge in [-0.3, -0.25) is 0 Å². The van der Waals surface area contributed by atoms with Gasteiger partial charge in [-0.1, -0.05) is 23.4 Å². The molecule has 1 aliphatic heterocycles. The van der Waals surface area contributed by atoms with Gasteiger partial charge in [-0.25, -0.2) is 0 Å². The number of rotatable bonds is 4. The van der Waals surface area contributed by atoms with Crippen LogP contribution in [0.4, 0.5) is 0 Å².